The number of nitrogens with zero attached hydrogens (tertiary/aromatic N) is 2. The molecule has 0 radical (unpaired) electrons. The summed E-state index contributed by atoms with van der Waals surface area (Å²) < 4.78 is 6.09. The minimum absolute atomic E-state index is 0.442. The molecule has 2 atom stereocenters. The van der Waals surface area contributed by atoms with Crippen molar-refractivity contribution in [2.75, 3.05) is 52.9 Å². The molecule has 2 aliphatic rings. The van der Waals surface area contributed by atoms with Gasteiger partial charge in [0.2, 0.25) is 0 Å². The van der Waals surface area contributed by atoms with Gasteiger partial charge in [0.05, 0.1) is 12.2 Å². The van der Waals surface area contributed by atoms with Gasteiger partial charge in [0.25, 0.3) is 0 Å². The molecule has 0 aromatic heterocycles. The molecule has 2 heterocycles. The fourth-order valence-corrected chi connectivity index (χ4v) is 3.13. The molecule has 0 bridgehead atoms. The molecule has 2 aliphatic heterocycles. The first-order valence-electron chi connectivity index (χ1n) is 8.05. The average Bonchev–Trinajstić information content (AvgIpc) is 3.05. The molecule has 1 N–H and O–H groups in total. The molecule has 2 rings (SSSR count). The predicted octanol–water partition coefficient (Wildman–Crippen LogP) is 1.17. The van der Waals surface area contributed by atoms with Crippen LogP contribution < -0.4 is 5.32 Å². The van der Waals surface area contributed by atoms with Gasteiger partial charge in [-0.25, -0.2) is 0 Å². The van der Waals surface area contributed by atoms with Gasteiger partial charge in [-0.2, -0.15) is 0 Å². The number of hydrogen-bond donors (Lipinski definition) is 1. The number of likely N-dealkylation sites (N-methyl/N-ethyl adjacent to an activating group) is 2. The minimum Gasteiger partial charge on any atom is -0.372 e. The van der Waals surface area contributed by atoms with Crippen molar-refractivity contribution in [2.24, 2.45) is 0 Å². The maximum absolute atomic E-state index is 6.09. The van der Waals surface area contributed by atoms with E-state index in [1.165, 1.54) is 51.9 Å². The molecule has 0 aromatic carbocycles. The SMILES string of the molecule is CCNCC1CCC(CN(C)CCN2CCCC2)O1. The van der Waals surface area contributed by atoms with Crippen LogP contribution in [0.4, 0.5) is 0 Å². The molecule has 112 valence electrons. The highest BCUT2D eigenvalue weighted by Gasteiger charge is 2.25. The smallest absolute Gasteiger partial charge is 0.0707 e. The Hall–Kier alpha value is -0.160. The Morgan fingerprint density at radius 1 is 1.21 bits per heavy atom. The number of ether oxygens (including phenoxy) is 1. The van der Waals surface area contributed by atoms with E-state index in [1.807, 2.05) is 0 Å². The van der Waals surface area contributed by atoms with E-state index >= 15 is 0 Å². The van der Waals surface area contributed by atoms with Crippen molar-refractivity contribution in [3.8, 4) is 0 Å². The third-order valence-corrected chi connectivity index (χ3v) is 4.33. The van der Waals surface area contributed by atoms with Crippen LogP contribution in [-0.2, 0) is 4.74 Å². The zero-order valence-corrected chi connectivity index (χ0v) is 12.7. The fraction of sp³-hybridized carbons (Fsp3) is 1.00. The van der Waals surface area contributed by atoms with E-state index in [4.69, 9.17) is 4.74 Å². The van der Waals surface area contributed by atoms with Crippen LogP contribution in [0.25, 0.3) is 0 Å². The molecular weight excluding hydrogens is 238 g/mol. The molecule has 19 heavy (non-hydrogen) atoms. The maximum atomic E-state index is 6.09. The van der Waals surface area contributed by atoms with Gasteiger partial charge in [-0.1, -0.05) is 6.92 Å². The van der Waals surface area contributed by atoms with Crippen molar-refractivity contribution in [3.05, 3.63) is 0 Å². The number of likely N-dealkylation sites (tertiary alicyclic amines) is 1. The largest absolute Gasteiger partial charge is 0.372 e. The van der Waals surface area contributed by atoms with Crippen LogP contribution in [0.5, 0.6) is 0 Å². The molecule has 2 unspecified atom stereocenters. The van der Waals surface area contributed by atoms with Crippen LogP contribution in [0.1, 0.15) is 32.6 Å². The lowest BCUT2D eigenvalue weighted by Gasteiger charge is -2.24. The summed E-state index contributed by atoms with van der Waals surface area (Å²) in [6.07, 6.45) is 6.12. The van der Waals surface area contributed by atoms with Crippen LogP contribution in [0, 0.1) is 0 Å². The summed E-state index contributed by atoms with van der Waals surface area (Å²) in [4.78, 5) is 5.03. The van der Waals surface area contributed by atoms with E-state index < -0.39 is 0 Å². The van der Waals surface area contributed by atoms with E-state index in [1.54, 1.807) is 0 Å². The van der Waals surface area contributed by atoms with Crippen molar-refractivity contribution in [2.45, 2.75) is 44.8 Å². The molecule has 2 saturated heterocycles. The van der Waals surface area contributed by atoms with Crippen molar-refractivity contribution in [1.82, 2.24) is 15.1 Å². The van der Waals surface area contributed by atoms with Gasteiger partial charge in [-0.15, -0.1) is 0 Å². The van der Waals surface area contributed by atoms with Crippen molar-refractivity contribution >= 4 is 0 Å². The van der Waals surface area contributed by atoms with E-state index in [0.29, 0.717) is 12.2 Å². The first-order valence-corrected chi connectivity index (χ1v) is 8.05. The normalized spacial score (nSPS) is 28.6. The van der Waals surface area contributed by atoms with Crippen LogP contribution >= 0.6 is 0 Å². The van der Waals surface area contributed by atoms with Gasteiger partial charge >= 0.3 is 0 Å². The molecular formula is C15H31N3O. The highest BCUT2D eigenvalue weighted by Crippen LogP contribution is 2.19. The van der Waals surface area contributed by atoms with E-state index in [2.05, 4.69) is 29.1 Å². The Bertz CT molecular complexity index is 244. The van der Waals surface area contributed by atoms with Gasteiger partial charge < -0.3 is 19.9 Å². The highest BCUT2D eigenvalue weighted by molar-refractivity contribution is 4.77. The molecule has 4 heteroatoms. The quantitative estimate of drug-likeness (QED) is 0.716. The number of nitrogens with one attached hydrogen (secondary N) is 1. The first-order chi connectivity index (χ1) is 9.28. The Labute approximate surface area is 118 Å². The minimum atomic E-state index is 0.442. The van der Waals surface area contributed by atoms with Gasteiger partial charge in [-0.3, -0.25) is 0 Å². The second kappa shape index (κ2) is 8.20. The lowest BCUT2D eigenvalue weighted by atomic mass is 10.2. The standard InChI is InChI=1S/C15H31N3O/c1-3-16-12-14-6-7-15(19-14)13-17(2)10-11-18-8-4-5-9-18/h14-16H,3-13H2,1-2H3. The summed E-state index contributed by atoms with van der Waals surface area (Å²) in [6.45, 7) is 10.3. The molecule has 0 saturated carbocycles. The Morgan fingerprint density at radius 2 is 1.95 bits per heavy atom. The van der Waals surface area contributed by atoms with E-state index in [-0.39, 0.29) is 0 Å². The van der Waals surface area contributed by atoms with Crippen molar-refractivity contribution < 1.29 is 4.74 Å². The van der Waals surface area contributed by atoms with Crippen molar-refractivity contribution in [3.63, 3.8) is 0 Å². The average molecular weight is 269 g/mol. The summed E-state index contributed by atoms with van der Waals surface area (Å²) in [5, 5.41) is 3.38. The Kier molecular flexibility index (Phi) is 6.57. The second-order valence-electron chi connectivity index (χ2n) is 6.08. The first kappa shape index (κ1) is 15.2. The van der Waals surface area contributed by atoms with Gasteiger partial charge in [0, 0.05) is 26.2 Å². The molecule has 0 spiro atoms. The molecule has 2 fully saturated rings. The Morgan fingerprint density at radius 3 is 2.68 bits per heavy atom. The molecule has 0 aliphatic carbocycles. The summed E-state index contributed by atoms with van der Waals surface area (Å²) in [5.74, 6) is 0. The highest BCUT2D eigenvalue weighted by atomic mass is 16.5. The molecule has 0 aromatic rings. The van der Waals surface area contributed by atoms with E-state index in [0.717, 1.165) is 19.6 Å². The summed E-state index contributed by atoms with van der Waals surface area (Å²) in [7, 11) is 2.23. The van der Waals surface area contributed by atoms with Gasteiger partial charge in [0.15, 0.2) is 0 Å². The zero-order valence-electron chi connectivity index (χ0n) is 12.7. The van der Waals surface area contributed by atoms with E-state index in [9.17, 15) is 0 Å². The number of hydrogen-bond acceptors (Lipinski definition) is 4. The van der Waals surface area contributed by atoms with Crippen LogP contribution in [0.15, 0.2) is 0 Å². The summed E-state index contributed by atoms with van der Waals surface area (Å²) in [6, 6.07) is 0. The summed E-state index contributed by atoms with van der Waals surface area (Å²) >= 11 is 0. The summed E-state index contributed by atoms with van der Waals surface area (Å²) in [5.41, 5.74) is 0. The monoisotopic (exact) mass is 269 g/mol. The van der Waals surface area contributed by atoms with Gasteiger partial charge in [-0.05, 0) is 52.4 Å². The lowest BCUT2D eigenvalue weighted by molar-refractivity contribution is 0.0271. The number of rotatable bonds is 8. The predicted molar refractivity (Wildman–Crippen MR) is 79.6 cm³/mol. The lowest BCUT2D eigenvalue weighted by Crippen LogP contribution is -2.36. The third kappa shape index (κ3) is 5.38. The molecule has 0 amide bonds. The topological polar surface area (TPSA) is 27.7 Å². The van der Waals surface area contributed by atoms with Crippen LogP contribution in [0.3, 0.4) is 0 Å². The molecule has 4 nitrogen and oxygen atoms in total. The third-order valence-electron chi connectivity index (χ3n) is 4.33. The zero-order chi connectivity index (χ0) is 13.5. The fourth-order valence-electron chi connectivity index (χ4n) is 3.13. The van der Waals surface area contributed by atoms with Crippen molar-refractivity contribution in [1.29, 1.82) is 0 Å². The second-order valence-corrected chi connectivity index (χ2v) is 6.08. The van der Waals surface area contributed by atoms with Gasteiger partial charge in [0.1, 0.15) is 0 Å². The maximum Gasteiger partial charge on any atom is 0.0707 e. The Balaban J connectivity index is 1.56. The van der Waals surface area contributed by atoms with Crippen LogP contribution in [-0.4, -0.2) is 74.9 Å². The van der Waals surface area contributed by atoms with Crippen LogP contribution in [0.2, 0.25) is 0 Å².